The zero-order valence-corrected chi connectivity index (χ0v) is 14.2. The van der Waals surface area contributed by atoms with Gasteiger partial charge in [0.2, 0.25) is 0 Å². The van der Waals surface area contributed by atoms with Crippen molar-refractivity contribution in [2.75, 3.05) is 53.5 Å². The Labute approximate surface area is 137 Å². The molecule has 130 valence electrons. The summed E-state index contributed by atoms with van der Waals surface area (Å²) in [5.41, 5.74) is 0. The lowest BCUT2D eigenvalue weighted by Gasteiger charge is -2.29. The van der Waals surface area contributed by atoms with Gasteiger partial charge in [0.05, 0.1) is 25.5 Å². The summed E-state index contributed by atoms with van der Waals surface area (Å²) in [6, 6.07) is 3.74. The third kappa shape index (κ3) is 5.85. The quantitative estimate of drug-likeness (QED) is 0.780. The molecule has 23 heavy (non-hydrogen) atoms. The minimum absolute atomic E-state index is 0.0188. The van der Waals surface area contributed by atoms with Gasteiger partial charge in [-0.3, -0.25) is 9.80 Å². The minimum Gasteiger partial charge on any atom is -0.468 e. The van der Waals surface area contributed by atoms with Crippen molar-refractivity contribution in [1.29, 1.82) is 0 Å². The van der Waals surface area contributed by atoms with E-state index in [2.05, 4.69) is 15.5 Å². The lowest BCUT2D eigenvalue weighted by molar-refractivity contribution is 0.0349. The Balaban J connectivity index is 1.72. The van der Waals surface area contributed by atoms with E-state index in [1.54, 1.807) is 6.26 Å². The Kier molecular flexibility index (Phi) is 6.88. The summed E-state index contributed by atoms with van der Waals surface area (Å²) in [4.78, 5) is 16.4. The number of amides is 2. The lowest BCUT2D eigenvalue weighted by Crippen LogP contribution is -2.49. The molecule has 1 aliphatic rings. The number of carbonyl (C=O) groups excluding carboxylic acids is 1. The van der Waals surface area contributed by atoms with Gasteiger partial charge in [0.1, 0.15) is 5.76 Å². The number of likely N-dealkylation sites (N-methyl/N-ethyl adjacent to an activating group) is 1. The largest absolute Gasteiger partial charge is 0.468 e. The standard InChI is InChI=1S/C16H28N4O3/c1-13(12-20-6-9-22-10-7-20)18-16(21)17-11-14(19(2)3)15-5-4-8-23-15/h4-5,8,13-14H,6-7,9-12H2,1-3H3,(H2,17,18,21)/t13-,14+/m1/s1. The number of hydrogen-bond donors (Lipinski definition) is 2. The molecule has 0 radical (unpaired) electrons. The van der Waals surface area contributed by atoms with Gasteiger partial charge in [-0.1, -0.05) is 0 Å². The van der Waals surface area contributed by atoms with E-state index in [1.807, 2.05) is 38.1 Å². The summed E-state index contributed by atoms with van der Waals surface area (Å²) in [6.07, 6.45) is 1.65. The van der Waals surface area contributed by atoms with Crippen molar-refractivity contribution in [3.63, 3.8) is 0 Å². The second-order valence-corrected chi connectivity index (χ2v) is 6.16. The summed E-state index contributed by atoms with van der Waals surface area (Å²) < 4.78 is 10.8. The van der Waals surface area contributed by atoms with E-state index < -0.39 is 0 Å². The molecule has 2 amide bonds. The van der Waals surface area contributed by atoms with E-state index in [9.17, 15) is 4.79 Å². The van der Waals surface area contributed by atoms with Crippen LogP contribution in [0.15, 0.2) is 22.8 Å². The van der Waals surface area contributed by atoms with Crippen molar-refractivity contribution >= 4 is 6.03 Å². The van der Waals surface area contributed by atoms with Crippen molar-refractivity contribution in [2.45, 2.75) is 19.0 Å². The maximum absolute atomic E-state index is 12.1. The first-order valence-corrected chi connectivity index (χ1v) is 8.10. The fraction of sp³-hybridized carbons (Fsp3) is 0.688. The molecule has 1 aliphatic heterocycles. The molecular weight excluding hydrogens is 296 g/mol. The number of morpholine rings is 1. The molecule has 0 bridgehead atoms. The third-order valence-corrected chi connectivity index (χ3v) is 3.96. The van der Waals surface area contributed by atoms with Crippen LogP contribution in [0.1, 0.15) is 18.7 Å². The van der Waals surface area contributed by atoms with E-state index >= 15 is 0 Å². The van der Waals surface area contributed by atoms with Crippen molar-refractivity contribution in [3.05, 3.63) is 24.2 Å². The predicted molar refractivity (Wildman–Crippen MR) is 88.4 cm³/mol. The lowest BCUT2D eigenvalue weighted by atomic mass is 10.2. The van der Waals surface area contributed by atoms with Crippen molar-refractivity contribution < 1.29 is 13.9 Å². The predicted octanol–water partition coefficient (Wildman–Crippen LogP) is 0.902. The van der Waals surface area contributed by atoms with E-state index in [1.165, 1.54) is 0 Å². The topological polar surface area (TPSA) is 70.0 Å². The summed E-state index contributed by atoms with van der Waals surface area (Å²) in [7, 11) is 3.93. The highest BCUT2D eigenvalue weighted by molar-refractivity contribution is 5.74. The SMILES string of the molecule is C[C@H](CN1CCOCC1)NC(=O)NC[C@@H](c1ccco1)N(C)C. The molecule has 1 aromatic heterocycles. The molecule has 0 spiro atoms. The molecule has 1 aromatic rings. The van der Waals surface area contributed by atoms with E-state index in [0.717, 1.165) is 38.6 Å². The van der Waals surface area contributed by atoms with Crippen LogP contribution in [0.4, 0.5) is 4.79 Å². The van der Waals surface area contributed by atoms with Crippen LogP contribution in [0.2, 0.25) is 0 Å². The number of hydrogen-bond acceptors (Lipinski definition) is 5. The van der Waals surface area contributed by atoms with Gasteiger partial charge in [0.15, 0.2) is 0 Å². The van der Waals surface area contributed by atoms with Crippen LogP contribution in [0.5, 0.6) is 0 Å². The summed E-state index contributed by atoms with van der Waals surface area (Å²) in [5, 5.41) is 5.91. The fourth-order valence-corrected chi connectivity index (χ4v) is 2.70. The summed E-state index contributed by atoms with van der Waals surface area (Å²) in [6.45, 7) is 6.75. The van der Waals surface area contributed by atoms with Crippen LogP contribution < -0.4 is 10.6 Å². The van der Waals surface area contributed by atoms with Gasteiger partial charge in [-0.2, -0.15) is 0 Å². The van der Waals surface area contributed by atoms with E-state index in [0.29, 0.717) is 6.54 Å². The number of urea groups is 1. The fourth-order valence-electron chi connectivity index (χ4n) is 2.70. The van der Waals surface area contributed by atoms with Crippen LogP contribution in [0.25, 0.3) is 0 Å². The van der Waals surface area contributed by atoms with Gasteiger partial charge < -0.3 is 19.8 Å². The van der Waals surface area contributed by atoms with Crippen LogP contribution >= 0.6 is 0 Å². The van der Waals surface area contributed by atoms with Gasteiger partial charge in [0.25, 0.3) is 0 Å². The maximum Gasteiger partial charge on any atom is 0.315 e. The van der Waals surface area contributed by atoms with Gasteiger partial charge in [0, 0.05) is 32.2 Å². The Bertz CT molecular complexity index is 458. The number of furan rings is 1. The molecule has 1 fully saturated rings. The third-order valence-electron chi connectivity index (χ3n) is 3.96. The van der Waals surface area contributed by atoms with Gasteiger partial charge in [-0.25, -0.2) is 4.79 Å². The molecule has 0 saturated carbocycles. The summed E-state index contributed by atoms with van der Waals surface area (Å²) >= 11 is 0. The molecule has 2 atom stereocenters. The number of ether oxygens (including phenoxy) is 1. The smallest absolute Gasteiger partial charge is 0.315 e. The normalized spacial score (nSPS) is 18.6. The van der Waals surface area contributed by atoms with Gasteiger partial charge >= 0.3 is 6.03 Å². The maximum atomic E-state index is 12.1. The number of rotatable bonds is 7. The van der Waals surface area contributed by atoms with Gasteiger partial charge in [-0.05, 0) is 33.2 Å². The highest BCUT2D eigenvalue weighted by Gasteiger charge is 2.19. The Hall–Kier alpha value is -1.57. The second-order valence-electron chi connectivity index (χ2n) is 6.16. The van der Waals surface area contributed by atoms with Crippen LogP contribution in [-0.2, 0) is 4.74 Å². The molecule has 7 heteroatoms. The monoisotopic (exact) mass is 324 g/mol. The summed E-state index contributed by atoms with van der Waals surface area (Å²) in [5.74, 6) is 0.844. The zero-order valence-electron chi connectivity index (χ0n) is 14.2. The molecule has 0 aromatic carbocycles. The zero-order chi connectivity index (χ0) is 16.7. The average molecular weight is 324 g/mol. The molecule has 1 saturated heterocycles. The van der Waals surface area contributed by atoms with E-state index in [-0.39, 0.29) is 18.1 Å². The number of nitrogens with zero attached hydrogens (tertiary/aromatic N) is 2. The first kappa shape index (κ1) is 17.8. The molecule has 2 heterocycles. The minimum atomic E-state index is -0.149. The first-order chi connectivity index (χ1) is 11.1. The molecule has 2 N–H and O–H groups in total. The van der Waals surface area contributed by atoms with Crippen LogP contribution in [0, 0.1) is 0 Å². The Morgan fingerprint density at radius 3 is 2.74 bits per heavy atom. The first-order valence-electron chi connectivity index (χ1n) is 8.10. The highest BCUT2D eigenvalue weighted by Crippen LogP contribution is 2.17. The van der Waals surface area contributed by atoms with Crippen LogP contribution in [-0.4, -0.2) is 75.4 Å². The molecule has 7 nitrogen and oxygen atoms in total. The molecular formula is C16H28N4O3. The second kappa shape index (κ2) is 8.90. The van der Waals surface area contributed by atoms with E-state index in [4.69, 9.17) is 9.15 Å². The van der Waals surface area contributed by atoms with Crippen molar-refractivity contribution in [1.82, 2.24) is 20.4 Å². The number of carbonyl (C=O) groups is 1. The van der Waals surface area contributed by atoms with Crippen molar-refractivity contribution in [2.24, 2.45) is 0 Å². The average Bonchev–Trinajstić information content (AvgIpc) is 3.02. The highest BCUT2D eigenvalue weighted by atomic mass is 16.5. The molecule has 0 aliphatic carbocycles. The number of nitrogens with one attached hydrogen (secondary N) is 2. The molecule has 2 rings (SSSR count). The Morgan fingerprint density at radius 2 is 2.13 bits per heavy atom. The van der Waals surface area contributed by atoms with Gasteiger partial charge in [-0.15, -0.1) is 0 Å². The molecule has 0 unspecified atom stereocenters. The van der Waals surface area contributed by atoms with Crippen molar-refractivity contribution in [3.8, 4) is 0 Å². The Morgan fingerprint density at radius 1 is 1.39 bits per heavy atom. The van der Waals surface area contributed by atoms with Crippen LogP contribution in [0.3, 0.4) is 0 Å².